The van der Waals surface area contributed by atoms with E-state index >= 15 is 0 Å². The van der Waals surface area contributed by atoms with Crippen LogP contribution in [0.25, 0.3) is 0 Å². The SMILES string of the molecule is CCCCCCCCOC1CCC(S)NN1. The van der Waals surface area contributed by atoms with Crippen LogP contribution >= 0.6 is 12.6 Å². The third-order valence-electron chi connectivity index (χ3n) is 2.93. The molecular formula is C12H26N2OS. The molecular weight excluding hydrogens is 220 g/mol. The number of hydrogen-bond acceptors (Lipinski definition) is 4. The van der Waals surface area contributed by atoms with Crippen molar-refractivity contribution in [2.45, 2.75) is 69.9 Å². The highest BCUT2D eigenvalue weighted by molar-refractivity contribution is 7.80. The molecule has 0 bridgehead atoms. The van der Waals surface area contributed by atoms with Gasteiger partial charge in [0.05, 0.1) is 5.37 Å². The molecule has 0 aliphatic carbocycles. The predicted octanol–water partition coefficient (Wildman–Crippen LogP) is 2.83. The van der Waals surface area contributed by atoms with Gasteiger partial charge in [0.2, 0.25) is 0 Å². The molecule has 96 valence electrons. The zero-order chi connectivity index (χ0) is 11.6. The van der Waals surface area contributed by atoms with Gasteiger partial charge in [0.15, 0.2) is 0 Å². The van der Waals surface area contributed by atoms with Gasteiger partial charge in [0.1, 0.15) is 6.23 Å². The first kappa shape index (κ1) is 14.3. The van der Waals surface area contributed by atoms with Gasteiger partial charge in [0.25, 0.3) is 0 Å². The van der Waals surface area contributed by atoms with Gasteiger partial charge in [-0.25, -0.2) is 10.9 Å². The van der Waals surface area contributed by atoms with E-state index in [1.165, 1.54) is 38.5 Å². The summed E-state index contributed by atoms with van der Waals surface area (Å²) in [6.45, 7) is 3.13. The highest BCUT2D eigenvalue weighted by Gasteiger charge is 2.16. The lowest BCUT2D eigenvalue weighted by Crippen LogP contribution is -2.50. The normalized spacial score (nSPS) is 25.9. The zero-order valence-electron chi connectivity index (χ0n) is 10.4. The second kappa shape index (κ2) is 9.28. The summed E-state index contributed by atoms with van der Waals surface area (Å²) in [5.74, 6) is 0. The molecule has 0 saturated carbocycles. The van der Waals surface area contributed by atoms with E-state index < -0.39 is 0 Å². The molecule has 16 heavy (non-hydrogen) atoms. The molecule has 2 unspecified atom stereocenters. The lowest BCUT2D eigenvalue weighted by Gasteiger charge is -2.28. The highest BCUT2D eigenvalue weighted by Crippen LogP contribution is 2.11. The molecule has 1 rings (SSSR count). The van der Waals surface area contributed by atoms with Crippen molar-refractivity contribution >= 4 is 12.6 Å². The molecule has 0 spiro atoms. The van der Waals surface area contributed by atoms with Gasteiger partial charge in [-0.2, -0.15) is 12.6 Å². The topological polar surface area (TPSA) is 33.3 Å². The van der Waals surface area contributed by atoms with Gasteiger partial charge in [-0.1, -0.05) is 39.0 Å². The maximum absolute atomic E-state index is 5.73. The van der Waals surface area contributed by atoms with Crippen LogP contribution in [0.3, 0.4) is 0 Å². The fraction of sp³-hybridized carbons (Fsp3) is 1.00. The number of hydrogen-bond donors (Lipinski definition) is 3. The van der Waals surface area contributed by atoms with E-state index in [2.05, 4.69) is 30.4 Å². The molecule has 1 fully saturated rings. The number of ether oxygens (including phenoxy) is 1. The standard InChI is InChI=1S/C12H26N2OS/c1-2-3-4-5-6-7-10-15-11-8-9-12(16)14-13-11/h11-14,16H,2-10H2,1H3. The highest BCUT2D eigenvalue weighted by atomic mass is 32.1. The van der Waals surface area contributed by atoms with Crippen LogP contribution in [0.15, 0.2) is 0 Å². The average molecular weight is 246 g/mol. The van der Waals surface area contributed by atoms with Crippen molar-refractivity contribution < 1.29 is 4.74 Å². The molecule has 4 heteroatoms. The van der Waals surface area contributed by atoms with Crippen molar-refractivity contribution in [2.24, 2.45) is 0 Å². The third-order valence-corrected chi connectivity index (χ3v) is 3.32. The zero-order valence-corrected chi connectivity index (χ0v) is 11.3. The van der Waals surface area contributed by atoms with E-state index in [9.17, 15) is 0 Å². The third kappa shape index (κ3) is 6.74. The fourth-order valence-corrected chi connectivity index (χ4v) is 2.10. The minimum Gasteiger partial charge on any atom is -0.362 e. The second-order valence-electron chi connectivity index (χ2n) is 4.51. The van der Waals surface area contributed by atoms with Gasteiger partial charge in [-0.15, -0.1) is 0 Å². The summed E-state index contributed by atoms with van der Waals surface area (Å²) >= 11 is 4.33. The molecule has 1 saturated heterocycles. The Morgan fingerprint density at radius 1 is 1.06 bits per heavy atom. The van der Waals surface area contributed by atoms with Crippen LogP contribution in [0.4, 0.5) is 0 Å². The van der Waals surface area contributed by atoms with E-state index in [1.54, 1.807) is 0 Å². The van der Waals surface area contributed by atoms with Gasteiger partial charge in [0, 0.05) is 6.61 Å². The number of unbranched alkanes of at least 4 members (excludes halogenated alkanes) is 5. The van der Waals surface area contributed by atoms with E-state index in [0.717, 1.165) is 19.4 Å². The van der Waals surface area contributed by atoms with Crippen molar-refractivity contribution in [1.82, 2.24) is 10.9 Å². The van der Waals surface area contributed by atoms with Crippen molar-refractivity contribution in [1.29, 1.82) is 0 Å². The summed E-state index contributed by atoms with van der Waals surface area (Å²) in [6, 6.07) is 0. The minimum atomic E-state index is 0.180. The maximum atomic E-state index is 5.73. The molecule has 1 heterocycles. The summed E-state index contributed by atoms with van der Waals surface area (Å²) in [4.78, 5) is 0. The molecule has 1 aliphatic rings. The second-order valence-corrected chi connectivity index (χ2v) is 5.13. The van der Waals surface area contributed by atoms with Crippen LogP contribution in [0.5, 0.6) is 0 Å². The first-order valence-electron chi connectivity index (χ1n) is 6.63. The van der Waals surface area contributed by atoms with Crippen LogP contribution in [0.1, 0.15) is 58.3 Å². The molecule has 2 atom stereocenters. The Labute approximate surface area is 105 Å². The van der Waals surface area contributed by atoms with Crippen LogP contribution in [-0.2, 0) is 4.74 Å². The summed E-state index contributed by atoms with van der Waals surface area (Å²) in [7, 11) is 0. The van der Waals surface area contributed by atoms with E-state index in [-0.39, 0.29) is 11.6 Å². The first-order valence-corrected chi connectivity index (χ1v) is 7.15. The van der Waals surface area contributed by atoms with Crippen molar-refractivity contribution in [3.05, 3.63) is 0 Å². The van der Waals surface area contributed by atoms with E-state index in [0.29, 0.717) is 0 Å². The number of nitrogens with one attached hydrogen (secondary N) is 2. The van der Waals surface area contributed by atoms with Crippen LogP contribution in [0.2, 0.25) is 0 Å². The van der Waals surface area contributed by atoms with Crippen molar-refractivity contribution in [3.8, 4) is 0 Å². The smallest absolute Gasteiger partial charge is 0.120 e. The Morgan fingerprint density at radius 3 is 2.50 bits per heavy atom. The minimum absolute atomic E-state index is 0.180. The first-order chi connectivity index (χ1) is 7.83. The Kier molecular flexibility index (Phi) is 8.29. The van der Waals surface area contributed by atoms with Crippen LogP contribution in [0, 0.1) is 0 Å². The fourth-order valence-electron chi connectivity index (χ4n) is 1.88. The predicted molar refractivity (Wildman–Crippen MR) is 71.4 cm³/mol. The molecule has 0 aromatic carbocycles. The lowest BCUT2D eigenvalue weighted by molar-refractivity contribution is -0.00367. The molecule has 3 nitrogen and oxygen atoms in total. The quantitative estimate of drug-likeness (QED) is 0.455. The largest absolute Gasteiger partial charge is 0.362 e. The summed E-state index contributed by atoms with van der Waals surface area (Å²) in [6.07, 6.45) is 10.2. The van der Waals surface area contributed by atoms with Crippen molar-refractivity contribution in [2.75, 3.05) is 6.61 Å². The lowest BCUT2D eigenvalue weighted by atomic mass is 10.1. The molecule has 0 amide bonds. The molecule has 0 aromatic heterocycles. The molecule has 0 aromatic rings. The van der Waals surface area contributed by atoms with Crippen LogP contribution < -0.4 is 10.9 Å². The number of thiol groups is 1. The molecule has 1 aliphatic heterocycles. The summed E-state index contributed by atoms with van der Waals surface area (Å²) < 4.78 is 5.73. The Morgan fingerprint density at radius 2 is 1.81 bits per heavy atom. The Hall–Kier alpha value is 0.230. The average Bonchev–Trinajstić information content (AvgIpc) is 2.30. The Balaban J connectivity index is 1.84. The summed E-state index contributed by atoms with van der Waals surface area (Å²) in [5, 5.41) is 0.272. The maximum Gasteiger partial charge on any atom is 0.120 e. The number of rotatable bonds is 8. The van der Waals surface area contributed by atoms with Crippen molar-refractivity contribution in [3.63, 3.8) is 0 Å². The molecule has 2 N–H and O–H groups in total. The van der Waals surface area contributed by atoms with Gasteiger partial charge in [-0.3, -0.25) is 0 Å². The van der Waals surface area contributed by atoms with Gasteiger partial charge < -0.3 is 4.74 Å². The van der Waals surface area contributed by atoms with E-state index in [1.807, 2.05) is 0 Å². The summed E-state index contributed by atoms with van der Waals surface area (Å²) in [5.41, 5.74) is 6.22. The van der Waals surface area contributed by atoms with E-state index in [4.69, 9.17) is 4.74 Å². The Bertz CT molecular complexity index is 161. The number of hydrazine groups is 1. The monoisotopic (exact) mass is 246 g/mol. The van der Waals surface area contributed by atoms with Gasteiger partial charge in [-0.05, 0) is 19.3 Å². The molecule has 0 radical (unpaired) electrons. The van der Waals surface area contributed by atoms with Gasteiger partial charge >= 0.3 is 0 Å². The van der Waals surface area contributed by atoms with Crippen LogP contribution in [-0.4, -0.2) is 18.2 Å².